The quantitative estimate of drug-likeness (QED) is 0.456. The summed E-state index contributed by atoms with van der Waals surface area (Å²) in [7, 11) is 3.75. The van der Waals surface area contributed by atoms with Crippen molar-refractivity contribution in [2.75, 3.05) is 14.1 Å². The minimum Gasteiger partial charge on any atom is -0.382 e. The van der Waals surface area contributed by atoms with Crippen molar-refractivity contribution in [3.05, 3.63) is 23.5 Å². The van der Waals surface area contributed by atoms with Gasteiger partial charge in [-0.1, -0.05) is 6.58 Å². The summed E-state index contributed by atoms with van der Waals surface area (Å²) in [6.07, 6.45) is 1.62. The van der Waals surface area contributed by atoms with Crippen LogP contribution in [0.2, 0.25) is 0 Å². The Morgan fingerprint density at radius 1 is 1.67 bits per heavy atom. The number of nitrogens with one attached hydrogen (secondary N) is 1. The summed E-state index contributed by atoms with van der Waals surface area (Å²) in [5.41, 5.74) is 7.45. The molecule has 0 aromatic heterocycles. The predicted molar refractivity (Wildman–Crippen MR) is 50.3 cm³/mol. The van der Waals surface area contributed by atoms with Crippen molar-refractivity contribution in [2.45, 2.75) is 0 Å². The van der Waals surface area contributed by atoms with Gasteiger partial charge in [0.15, 0.2) is 0 Å². The van der Waals surface area contributed by atoms with Gasteiger partial charge in [0, 0.05) is 25.9 Å². The summed E-state index contributed by atoms with van der Waals surface area (Å²) in [5.74, 6) is -0.0198. The molecule has 3 N–H and O–H groups in total. The van der Waals surface area contributed by atoms with Gasteiger partial charge in [0.1, 0.15) is 11.5 Å². The van der Waals surface area contributed by atoms with Crippen molar-refractivity contribution in [1.29, 1.82) is 5.41 Å². The molecule has 0 fully saturated rings. The lowest BCUT2D eigenvalue weighted by Gasteiger charge is -2.15. The zero-order chi connectivity index (χ0) is 9.30. The first-order valence-electron chi connectivity index (χ1n) is 3.53. The molecule has 1 rings (SSSR count). The Bertz CT molecular complexity index is 296. The van der Waals surface area contributed by atoms with E-state index in [0.29, 0.717) is 5.70 Å². The predicted octanol–water partition coefficient (Wildman–Crippen LogP) is 0.336. The molecule has 0 bridgehead atoms. The first-order valence-corrected chi connectivity index (χ1v) is 3.53. The first-order chi connectivity index (χ1) is 5.54. The number of aliphatic imine (C=N–C) groups is 1. The van der Waals surface area contributed by atoms with Gasteiger partial charge in [-0.05, 0) is 0 Å². The molecule has 0 saturated heterocycles. The molecule has 1 heterocycles. The van der Waals surface area contributed by atoms with Gasteiger partial charge >= 0.3 is 0 Å². The maximum atomic E-state index is 7.24. The van der Waals surface area contributed by atoms with Gasteiger partial charge in [-0.2, -0.15) is 0 Å². The summed E-state index contributed by atoms with van der Waals surface area (Å²) in [6, 6.07) is 0. The van der Waals surface area contributed by atoms with E-state index in [2.05, 4.69) is 11.6 Å². The van der Waals surface area contributed by atoms with Crippen LogP contribution in [0.5, 0.6) is 0 Å². The van der Waals surface area contributed by atoms with E-state index in [4.69, 9.17) is 11.1 Å². The van der Waals surface area contributed by atoms with Crippen LogP contribution in [0.4, 0.5) is 0 Å². The van der Waals surface area contributed by atoms with Gasteiger partial charge in [0.05, 0.1) is 5.70 Å². The normalized spacial score (nSPS) is 15.7. The van der Waals surface area contributed by atoms with Crippen LogP contribution in [0.3, 0.4) is 0 Å². The second kappa shape index (κ2) is 2.81. The molecule has 1 aliphatic heterocycles. The number of hydrogen-bond donors (Lipinski definition) is 2. The largest absolute Gasteiger partial charge is 0.382 e. The van der Waals surface area contributed by atoms with Gasteiger partial charge < -0.3 is 10.6 Å². The SMILES string of the molecule is C=C1C=NC(C(=N)N)=C1N(C)C. The Kier molecular flexibility index (Phi) is 1.99. The first kappa shape index (κ1) is 8.52. The highest BCUT2D eigenvalue weighted by atomic mass is 15.1. The number of likely N-dealkylation sites (N-methyl/N-ethyl adjacent to an activating group) is 1. The van der Waals surface area contributed by atoms with Crippen molar-refractivity contribution in [1.82, 2.24) is 4.90 Å². The zero-order valence-corrected chi connectivity index (χ0v) is 7.26. The molecule has 0 spiro atoms. The van der Waals surface area contributed by atoms with E-state index in [1.165, 1.54) is 0 Å². The summed E-state index contributed by atoms with van der Waals surface area (Å²) in [4.78, 5) is 5.84. The Balaban J connectivity index is 3.13. The van der Waals surface area contributed by atoms with Crippen LogP contribution in [0.15, 0.2) is 28.5 Å². The molecule has 1 aliphatic rings. The molecular formula is C8H12N4. The third-order valence-corrected chi connectivity index (χ3v) is 1.58. The Hall–Kier alpha value is -1.58. The standard InChI is InChI=1S/C8H12N4/c1-5-4-11-6(8(9)10)7(5)12(2)3/h4H,1H2,2-3H3,(H3,9,10). The fourth-order valence-corrected chi connectivity index (χ4v) is 1.11. The molecular weight excluding hydrogens is 152 g/mol. The fraction of sp³-hybridized carbons (Fsp3) is 0.250. The number of allylic oxidation sites excluding steroid dienone is 1. The summed E-state index contributed by atoms with van der Waals surface area (Å²) < 4.78 is 0. The van der Waals surface area contributed by atoms with E-state index in [1.807, 2.05) is 19.0 Å². The molecule has 0 saturated carbocycles. The summed E-state index contributed by atoms with van der Waals surface area (Å²) in [5, 5.41) is 7.24. The third-order valence-electron chi connectivity index (χ3n) is 1.58. The lowest BCUT2D eigenvalue weighted by atomic mass is 10.2. The highest BCUT2D eigenvalue weighted by Gasteiger charge is 2.17. The fourth-order valence-electron chi connectivity index (χ4n) is 1.11. The lowest BCUT2D eigenvalue weighted by Crippen LogP contribution is -2.19. The molecule has 0 unspecified atom stereocenters. The van der Waals surface area contributed by atoms with Crippen molar-refractivity contribution < 1.29 is 0 Å². The van der Waals surface area contributed by atoms with Crippen LogP contribution >= 0.6 is 0 Å². The maximum absolute atomic E-state index is 7.24. The highest BCUT2D eigenvalue weighted by molar-refractivity contribution is 6.03. The molecule has 0 amide bonds. The second-order valence-electron chi connectivity index (χ2n) is 2.79. The van der Waals surface area contributed by atoms with E-state index in [1.54, 1.807) is 6.21 Å². The molecule has 12 heavy (non-hydrogen) atoms. The molecule has 0 aromatic rings. The Morgan fingerprint density at radius 2 is 2.25 bits per heavy atom. The van der Waals surface area contributed by atoms with E-state index in [0.717, 1.165) is 11.3 Å². The molecule has 64 valence electrons. The van der Waals surface area contributed by atoms with Gasteiger partial charge in [-0.25, -0.2) is 0 Å². The number of amidine groups is 1. The minimum absolute atomic E-state index is 0.0198. The van der Waals surface area contributed by atoms with Gasteiger partial charge in [0.25, 0.3) is 0 Å². The average Bonchev–Trinajstić information content (AvgIpc) is 2.30. The van der Waals surface area contributed by atoms with E-state index >= 15 is 0 Å². The van der Waals surface area contributed by atoms with Crippen LogP contribution in [0.1, 0.15) is 0 Å². The molecule has 4 heteroatoms. The van der Waals surface area contributed by atoms with Crippen LogP contribution in [0, 0.1) is 5.41 Å². The summed E-state index contributed by atoms with van der Waals surface area (Å²) in [6.45, 7) is 3.79. The number of nitrogens with two attached hydrogens (primary N) is 1. The van der Waals surface area contributed by atoms with Crippen LogP contribution in [-0.4, -0.2) is 31.0 Å². The number of nitrogens with zero attached hydrogens (tertiary/aromatic N) is 2. The van der Waals surface area contributed by atoms with Crippen LogP contribution in [-0.2, 0) is 0 Å². The minimum atomic E-state index is -0.0198. The molecule has 4 nitrogen and oxygen atoms in total. The summed E-state index contributed by atoms with van der Waals surface area (Å²) >= 11 is 0. The average molecular weight is 164 g/mol. The van der Waals surface area contributed by atoms with Crippen LogP contribution < -0.4 is 5.73 Å². The number of rotatable bonds is 2. The van der Waals surface area contributed by atoms with Gasteiger partial charge in [0.2, 0.25) is 0 Å². The monoisotopic (exact) mass is 164 g/mol. The Labute approximate surface area is 71.6 Å². The molecule has 0 radical (unpaired) electrons. The highest BCUT2D eigenvalue weighted by Crippen LogP contribution is 2.20. The maximum Gasteiger partial charge on any atom is 0.143 e. The number of hydrogen-bond acceptors (Lipinski definition) is 3. The third kappa shape index (κ3) is 1.23. The van der Waals surface area contributed by atoms with Crippen molar-refractivity contribution in [3.63, 3.8) is 0 Å². The van der Waals surface area contributed by atoms with E-state index in [-0.39, 0.29) is 5.84 Å². The van der Waals surface area contributed by atoms with Gasteiger partial charge in [-0.3, -0.25) is 10.4 Å². The second-order valence-corrected chi connectivity index (χ2v) is 2.79. The van der Waals surface area contributed by atoms with Crippen molar-refractivity contribution in [2.24, 2.45) is 10.7 Å². The molecule has 0 aliphatic carbocycles. The molecule has 0 atom stereocenters. The Morgan fingerprint density at radius 3 is 2.58 bits per heavy atom. The smallest absolute Gasteiger partial charge is 0.143 e. The zero-order valence-electron chi connectivity index (χ0n) is 7.26. The lowest BCUT2D eigenvalue weighted by molar-refractivity contribution is 0.524. The van der Waals surface area contributed by atoms with E-state index < -0.39 is 0 Å². The molecule has 0 aromatic carbocycles. The van der Waals surface area contributed by atoms with Crippen molar-refractivity contribution in [3.8, 4) is 0 Å². The van der Waals surface area contributed by atoms with Gasteiger partial charge in [-0.15, -0.1) is 0 Å². The van der Waals surface area contributed by atoms with Crippen molar-refractivity contribution >= 4 is 12.1 Å². The van der Waals surface area contributed by atoms with Crippen LogP contribution in [0.25, 0.3) is 0 Å². The topological polar surface area (TPSA) is 65.5 Å². The van der Waals surface area contributed by atoms with E-state index in [9.17, 15) is 0 Å².